The molecule has 184 valence electrons. The van der Waals surface area contributed by atoms with E-state index in [0.29, 0.717) is 24.5 Å². The molecular weight excluding hydrogens is 457 g/mol. The highest BCUT2D eigenvalue weighted by molar-refractivity contribution is 5.89. The molecule has 2 aromatic carbocycles. The van der Waals surface area contributed by atoms with Gasteiger partial charge in [0.15, 0.2) is 5.82 Å². The average Bonchev–Trinajstić information content (AvgIpc) is 2.85. The average molecular weight is 485 g/mol. The summed E-state index contributed by atoms with van der Waals surface area (Å²) < 4.78 is 43.6. The van der Waals surface area contributed by atoms with Gasteiger partial charge in [-0.15, -0.1) is 0 Å². The maximum absolute atomic E-state index is 13.0. The van der Waals surface area contributed by atoms with E-state index in [2.05, 4.69) is 20.1 Å². The molecule has 6 nitrogen and oxygen atoms in total. The number of pyridine rings is 1. The SMILES string of the molecule is COC(=O)c1ccc(C(C)Nc2nccc3c2N(Cc2ccc(C(F)(F)F)cc2)CCN3C)cc1. The highest BCUT2D eigenvalue weighted by Gasteiger charge is 2.30. The molecule has 1 aromatic heterocycles. The number of hydrogen-bond acceptors (Lipinski definition) is 6. The summed E-state index contributed by atoms with van der Waals surface area (Å²) in [4.78, 5) is 20.6. The molecule has 0 radical (unpaired) electrons. The fraction of sp³-hybridized carbons (Fsp3) is 0.308. The number of hydrogen-bond donors (Lipinski definition) is 1. The maximum Gasteiger partial charge on any atom is 0.416 e. The molecule has 0 saturated heterocycles. The molecule has 0 aliphatic carbocycles. The van der Waals surface area contributed by atoms with Crippen LogP contribution in [0.2, 0.25) is 0 Å². The molecule has 0 saturated carbocycles. The zero-order chi connectivity index (χ0) is 25.2. The summed E-state index contributed by atoms with van der Waals surface area (Å²) in [5, 5.41) is 3.47. The molecular formula is C26H27F3N4O2. The second-order valence-electron chi connectivity index (χ2n) is 8.54. The number of benzene rings is 2. The van der Waals surface area contributed by atoms with E-state index >= 15 is 0 Å². The lowest BCUT2D eigenvalue weighted by molar-refractivity contribution is -0.137. The number of fused-ring (bicyclic) bond motifs is 1. The van der Waals surface area contributed by atoms with Gasteiger partial charge < -0.3 is 19.9 Å². The number of likely N-dealkylation sites (N-methyl/N-ethyl adjacent to an activating group) is 1. The molecule has 0 fully saturated rings. The Kier molecular flexibility index (Phi) is 6.86. The van der Waals surface area contributed by atoms with E-state index < -0.39 is 17.7 Å². The van der Waals surface area contributed by atoms with Crippen molar-refractivity contribution in [2.45, 2.75) is 25.7 Å². The largest absolute Gasteiger partial charge is 0.465 e. The third-order valence-electron chi connectivity index (χ3n) is 6.18. The van der Waals surface area contributed by atoms with Crippen molar-refractivity contribution in [3.05, 3.63) is 83.0 Å². The molecule has 0 spiro atoms. The Morgan fingerprint density at radius 1 is 1.09 bits per heavy atom. The van der Waals surface area contributed by atoms with E-state index in [1.54, 1.807) is 18.3 Å². The standard InChI is InChI=1S/C26H27F3N4O2/c1-17(19-6-8-20(9-7-19)25(34)35-3)31-24-23-22(12-13-30-24)32(2)14-15-33(23)16-18-4-10-21(11-5-18)26(27,28)29/h4-13,17H,14-16H2,1-3H3,(H,30,31). The number of aromatic nitrogens is 1. The van der Waals surface area contributed by atoms with Gasteiger partial charge in [0, 0.05) is 32.9 Å². The van der Waals surface area contributed by atoms with Gasteiger partial charge in [-0.25, -0.2) is 9.78 Å². The van der Waals surface area contributed by atoms with E-state index in [4.69, 9.17) is 4.74 Å². The molecule has 3 aromatic rings. The van der Waals surface area contributed by atoms with Crippen LogP contribution in [-0.2, 0) is 17.5 Å². The lowest BCUT2D eigenvalue weighted by Gasteiger charge is -2.38. The summed E-state index contributed by atoms with van der Waals surface area (Å²) in [6.45, 7) is 3.94. The lowest BCUT2D eigenvalue weighted by atomic mass is 10.1. The highest BCUT2D eigenvalue weighted by atomic mass is 19.4. The van der Waals surface area contributed by atoms with Gasteiger partial charge in [0.2, 0.25) is 0 Å². The Bertz CT molecular complexity index is 1180. The van der Waals surface area contributed by atoms with Gasteiger partial charge in [0.05, 0.1) is 30.0 Å². The predicted octanol–water partition coefficient (Wildman–Crippen LogP) is 5.52. The van der Waals surface area contributed by atoms with Crippen molar-refractivity contribution in [2.75, 3.05) is 42.4 Å². The van der Waals surface area contributed by atoms with Crippen LogP contribution in [0.15, 0.2) is 60.8 Å². The van der Waals surface area contributed by atoms with Gasteiger partial charge in [0.1, 0.15) is 5.69 Å². The van der Waals surface area contributed by atoms with Crippen molar-refractivity contribution in [2.24, 2.45) is 0 Å². The van der Waals surface area contributed by atoms with Crippen molar-refractivity contribution in [3.63, 3.8) is 0 Å². The number of nitrogens with zero attached hydrogens (tertiary/aromatic N) is 3. The fourth-order valence-electron chi connectivity index (χ4n) is 4.16. The first-order chi connectivity index (χ1) is 16.7. The Labute approximate surface area is 202 Å². The van der Waals surface area contributed by atoms with Crippen LogP contribution < -0.4 is 15.1 Å². The van der Waals surface area contributed by atoms with Gasteiger partial charge >= 0.3 is 12.1 Å². The second-order valence-corrected chi connectivity index (χ2v) is 8.54. The predicted molar refractivity (Wildman–Crippen MR) is 130 cm³/mol. The number of rotatable bonds is 6. The Morgan fingerprint density at radius 2 is 1.77 bits per heavy atom. The lowest BCUT2D eigenvalue weighted by Crippen LogP contribution is -2.39. The van der Waals surface area contributed by atoms with Crippen LogP contribution in [-0.4, -0.2) is 38.2 Å². The number of esters is 1. The van der Waals surface area contributed by atoms with Gasteiger partial charge in [-0.1, -0.05) is 24.3 Å². The summed E-state index contributed by atoms with van der Waals surface area (Å²) in [5.41, 5.74) is 3.47. The number of halogens is 3. The number of methoxy groups -OCH3 is 1. The first kappa shape index (κ1) is 24.4. The number of ether oxygens (including phenoxy) is 1. The molecule has 1 N–H and O–H groups in total. The van der Waals surface area contributed by atoms with Crippen molar-refractivity contribution in [3.8, 4) is 0 Å². The summed E-state index contributed by atoms with van der Waals surface area (Å²) >= 11 is 0. The van der Waals surface area contributed by atoms with Crippen molar-refractivity contribution >= 4 is 23.2 Å². The number of carbonyl (C=O) groups is 1. The molecule has 1 unspecified atom stereocenters. The summed E-state index contributed by atoms with van der Waals surface area (Å²) in [6, 6.07) is 14.3. The topological polar surface area (TPSA) is 57.7 Å². The van der Waals surface area contributed by atoms with Gasteiger partial charge in [-0.2, -0.15) is 13.2 Å². The van der Waals surface area contributed by atoms with Crippen LogP contribution >= 0.6 is 0 Å². The number of carbonyl (C=O) groups excluding carboxylic acids is 1. The molecule has 9 heteroatoms. The zero-order valence-electron chi connectivity index (χ0n) is 19.8. The maximum atomic E-state index is 13.0. The molecule has 1 aliphatic heterocycles. The van der Waals surface area contributed by atoms with Crippen LogP contribution in [0.5, 0.6) is 0 Å². The minimum atomic E-state index is -4.36. The fourth-order valence-corrected chi connectivity index (χ4v) is 4.16. The number of nitrogens with one attached hydrogen (secondary N) is 1. The molecule has 1 aliphatic rings. The minimum Gasteiger partial charge on any atom is -0.465 e. The molecule has 0 bridgehead atoms. The number of alkyl halides is 3. The van der Waals surface area contributed by atoms with Crippen LogP contribution in [0.4, 0.5) is 30.4 Å². The van der Waals surface area contributed by atoms with E-state index in [1.807, 2.05) is 32.2 Å². The van der Waals surface area contributed by atoms with Crippen molar-refractivity contribution < 1.29 is 22.7 Å². The second kappa shape index (κ2) is 9.85. The quantitative estimate of drug-likeness (QED) is 0.465. The van der Waals surface area contributed by atoms with E-state index in [-0.39, 0.29) is 6.04 Å². The minimum absolute atomic E-state index is 0.110. The molecule has 4 rings (SSSR count). The number of anilines is 3. The van der Waals surface area contributed by atoms with Gasteiger partial charge in [-0.05, 0) is 48.4 Å². The smallest absolute Gasteiger partial charge is 0.416 e. The molecule has 0 amide bonds. The van der Waals surface area contributed by atoms with Crippen molar-refractivity contribution in [1.29, 1.82) is 0 Å². The van der Waals surface area contributed by atoms with E-state index in [1.165, 1.54) is 19.2 Å². The first-order valence-corrected chi connectivity index (χ1v) is 11.2. The summed E-state index contributed by atoms with van der Waals surface area (Å²) in [5.74, 6) is 0.295. The Hall–Kier alpha value is -3.75. The van der Waals surface area contributed by atoms with Crippen LogP contribution in [0.25, 0.3) is 0 Å². The van der Waals surface area contributed by atoms with Gasteiger partial charge in [-0.3, -0.25) is 0 Å². The Balaban J connectivity index is 1.58. The highest BCUT2D eigenvalue weighted by Crippen LogP contribution is 2.39. The molecule has 35 heavy (non-hydrogen) atoms. The van der Waals surface area contributed by atoms with E-state index in [9.17, 15) is 18.0 Å². The normalized spacial score (nSPS) is 14.3. The van der Waals surface area contributed by atoms with Crippen LogP contribution in [0.1, 0.15) is 40.0 Å². The van der Waals surface area contributed by atoms with Crippen molar-refractivity contribution in [1.82, 2.24) is 4.98 Å². The van der Waals surface area contributed by atoms with E-state index in [0.717, 1.165) is 41.2 Å². The van der Waals surface area contributed by atoms with Crippen LogP contribution in [0.3, 0.4) is 0 Å². The Morgan fingerprint density at radius 3 is 2.40 bits per heavy atom. The first-order valence-electron chi connectivity index (χ1n) is 11.2. The monoisotopic (exact) mass is 484 g/mol. The summed E-state index contributed by atoms with van der Waals surface area (Å²) in [6.07, 6.45) is -2.61. The third kappa shape index (κ3) is 5.34. The molecule has 2 heterocycles. The van der Waals surface area contributed by atoms with Crippen LogP contribution in [0, 0.1) is 0 Å². The summed E-state index contributed by atoms with van der Waals surface area (Å²) in [7, 11) is 3.35. The molecule has 1 atom stereocenters. The third-order valence-corrected chi connectivity index (χ3v) is 6.18. The zero-order valence-corrected chi connectivity index (χ0v) is 19.8. The van der Waals surface area contributed by atoms with Gasteiger partial charge in [0.25, 0.3) is 0 Å².